The zero-order valence-corrected chi connectivity index (χ0v) is 11.4. The summed E-state index contributed by atoms with van der Waals surface area (Å²) in [5.74, 6) is 0. The van der Waals surface area contributed by atoms with E-state index in [4.69, 9.17) is 0 Å². The first-order chi connectivity index (χ1) is 7.45. The largest absolute Gasteiger partial charge is 0.384 e. The fourth-order valence-corrected chi connectivity index (χ4v) is 2.69. The lowest BCUT2D eigenvalue weighted by atomic mass is 10.1. The van der Waals surface area contributed by atoms with Crippen molar-refractivity contribution < 1.29 is 5.11 Å². The van der Waals surface area contributed by atoms with Crippen LogP contribution in [0.1, 0.15) is 24.4 Å². The Kier molecular flexibility index (Phi) is 3.14. The molecule has 0 radical (unpaired) electrons. The van der Waals surface area contributed by atoms with Gasteiger partial charge in [0.05, 0.1) is 12.7 Å². The molecule has 0 aromatic carbocycles. The molecular formula is C10H12BrN3OS. The van der Waals surface area contributed by atoms with Gasteiger partial charge in [0.1, 0.15) is 11.3 Å². The first kappa shape index (κ1) is 11.8. The monoisotopic (exact) mass is 301 g/mol. The molecule has 4 nitrogen and oxygen atoms in total. The van der Waals surface area contributed by atoms with Crippen LogP contribution in [0.4, 0.5) is 0 Å². The number of aliphatic hydroxyl groups is 1. The maximum Gasteiger partial charge on any atom is 0.114 e. The third-order valence-corrected chi connectivity index (χ3v) is 3.79. The standard InChI is InChI=1S/C10H12BrN3OS/c1-10(2,15)9-5-14(13-12-9)4-8-3-7(11)6-16-8/h3,5-6,15H,4H2,1-2H3. The normalized spacial score (nSPS) is 12.0. The van der Waals surface area contributed by atoms with Crippen LogP contribution in [-0.2, 0) is 12.1 Å². The number of nitrogens with zero attached hydrogens (tertiary/aromatic N) is 3. The van der Waals surface area contributed by atoms with Gasteiger partial charge in [0, 0.05) is 14.7 Å². The van der Waals surface area contributed by atoms with Gasteiger partial charge in [0.15, 0.2) is 0 Å². The summed E-state index contributed by atoms with van der Waals surface area (Å²) in [5.41, 5.74) is -0.350. The molecule has 0 saturated heterocycles. The van der Waals surface area contributed by atoms with Crippen molar-refractivity contribution in [2.24, 2.45) is 0 Å². The van der Waals surface area contributed by atoms with E-state index in [-0.39, 0.29) is 0 Å². The van der Waals surface area contributed by atoms with Gasteiger partial charge in [-0.05, 0) is 35.8 Å². The molecular weight excluding hydrogens is 290 g/mol. The van der Waals surface area contributed by atoms with Crippen LogP contribution in [0.25, 0.3) is 0 Å². The van der Waals surface area contributed by atoms with E-state index in [0.717, 1.165) is 4.47 Å². The molecule has 0 bridgehead atoms. The van der Waals surface area contributed by atoms with E-state index in [1.165, 1.54) is 4.88 Å². The van der Waals surface area contributed by atoms with Crippen molar-refractivity contribution in [3.63, 3.8) is 0 Å². The molecule has 6 heteroatoms. The first-order valence-corrected chi connectivity index (χ1v) is 6.48. The highest BCUT2D eigenvalue weighted by molar-refractivity contribution is 9.10. The van der Waals surface area contributed by atoms with Gasteiger partial charge in [-0.15, -0.1) is 16.4 Å². The van der Waals surface area contributed by atoms with Gasteiger partial charge in [0.2, 0.25) is 0 Å². The molecule has 0 atom stereocenters. The smallest absolute Gasteiger partial charge is 0.114 e. The second kappa shape index (κ2) is 4.27. The van der Waals surface area contributed by atoms with Gasteiger partial charge in [-0.3, -0.25) is 0 Å². The number of hydrogen-bond acceptors (Lipinski definition) is 4. The lowest BCUT2D eigenvalue weighted by Crippen LogP contribution is -2.15. The Labute approximate surface area is 106 Å². The molecule has 86 valence electrons. The Balaban J connectivity index is 2.14. The Morgan fingerprint density at radius 3 is 2.81 bits per heavy atom. The number of hydrogen-bond donors (Lipinski definition) is 1. The lowest BCUT2D eigenvalue weighted by Gasteiger charge is -2.11. The van der Waals surface area contributed by atoms with E-state index < -0.39 is 5.60 Å². The van der Waals surface area contributed by atoms with Gasteiger partial charge in [-0.2, -0.15) is 0 Å². The average Bonchev–Trinajstić information content (AvgIpc) is 2.74. The van der Waals surface area contributed by atoms with E-state index in [9.17, 15) is 5.11 Å². The number of halogens is 1. The van der Waals surface area contributed by atoms with Crippen molar-refractivity contribution in [1.29, 1.82) is 0 Å². The Morgan fingerprint density at radius 1 is 1.56 bits per heavy atom. The number of thiophene rings is 1. The quantitative estimate of drug-likeness (QED) is 0.947. The number of rotatable bonds is 3. The molecule has 2 aromatic rings. The topological polar surface area (TPSA) is 50.9 Å². The van der Waals surface area contributed by atoms with Gasteiger partial charge >= 0.3 is 0 Å². The summed E-state index contributed by atoms with van der Waals surface area (Å²) in [6.07, 6.45) is 1.77. The second-order valence-corrected chi connectivity index (χ2v) is 6.00. The number of aromatic nitrogens is 3. The molecule has 2 aromatic heterocycles. The van der Waals surface area contributed by atoms with Crippen molar-refractivity contribution in [3.05, 3.63) is 32.7 Å². The van der Waals surface area contributed by atoms with Crippen molar-refractivity contribution in [3.8, 4) is 0 Å². The second-order valence-electron chi connectivity index (χ2n) is 4.09. The molecule has 2 rings (SSSR count). The molecule has 0 aliphatic rings. The summed E-state index contributed by atoms with van der Waals surface area (Å²) >= 11 is 5.07. The molecule has 0 spiro atoms. The zero-order valence-electron chi connectivity index (χ0n) is 9.01. The third kappa shape index (κ3) is 2.69. The van der Waals surface area contributed by atoms with Crippen molar-refractivity contribution in [1.82, 2.24) is 15.0 Å². The van der Waals surface area contributed by atoms with Crippen LogP contribution in [0, 0.1) is 0 Å². The SMILES string of the molecule is CC(C)(O)c1cn(Cc2cc(Br)cs2)nn1. The highest BCUT2D eigenvalue weighted by atomic mass is 79.9. The highest BCUT2D eigenvalue weighted by Crippen LogP contribution is 2.21. The molecule has 2 heterocycles. The van der Waals surface area contributed by atoms with E-state index in [0.29, 0.717) is 12.2 Å². The van der Waals surface area contributed by atoms with Crippen LogP contribution in [0.3, 0.4) is 0 Å². The predicted molar refractivity (Wildman–Crippen MR) is 66.4 cm³/mol. The van der Waals surface area contributed by atoms with Crippen LogP contribution in [-0.4, -0.2) is 20.1 Å². The van der Waals surface area contributed by atoms with E-state index in [1.54, 1.807) is 36.1 Å². The van der Waals surface area contributed by atoms with Gasteiger partial charge in [-0.25, -0.2) is 4.68 Å². The summed E-state index contributed by atoms with van der Waals surface area (Å²) < 4.78 is 2.81. The van der Waals surface area contributed by atoms with Crippen molar-refractivity contribution in [2.75, 3.05) is 0 Å². The van der Waals surface area contributed by atoms with Crippen LogP contribution >= 0.6 is 27.3 Å². The minimum absolute atomic E-state index is 0.586. The third-order valence-electron chi connectivity index (χ3n) is 2.11. The maximum atomic E-state index is 9.75. The summed E-state index contributed by atoms with van der Waals surface area (Å²) in [5, 5.41) is 19.7. The van der Waals surface area contributed by atoms with Crippen molar-refractivity contribution in [2.45, 2.75) is 26.0 Å². The minimum Gasteiger partial charge on any atom is -0.384 e. The van der Waals surface area contributed by atoms with E-state index in [1.807, 2.05) is 5.38 Å². The molecule has 0 unspecified atom stereocenters. The molecule has 0 saturated carbocycles. The maximum absolute atomic E-state index is 9.75. The lowest BCUT2D eigenvalue weighted by molar-refractivity contribution is 0.0737. The van der Waals surface area contributed by atoms with E-state index >= 15 is 0 Å². The predicted octanol–water partition coefficient (Wildman–Crippen LogP) is 2.38. The molecule has 1 N–H and O–H groups in total. The van der Waals surface area contributed by atoms with Gasteiger partial charge in [0.25, 0.3) is 0 Å². The highest BCUT2D eigenvalue weighted by Gasteiger charge is 2.20. The fourth-order valence-electron chi connectivity index (χ4n) is 1.25. The van der Waals surface area contributed by atoms with Crippen LogP contribution in [0.5, 0.6) is 0 Å². The minimum atomic E-state index is -0.936. The first-order valence-electron chi connectivity index (χ1n) is 4.81. The van der Waals surface area contributed by atoms with Gasteiger partial charge < -0.3 is 5.11 Å². The van der Waals surface area contributed by atoms with Crippen molar-refractivity contribution >= 4 is 27.3 Å². The molecule has 16 heavy (non-hydrogen) atoms. The Morgan fingerprint density at radius 2 is 2.31 bits per heavy atom. The van der Waals surface area contributed by atoms with E-state index in [2.05, 4.69) is 32.3 Å². The van der Waals surface area contributed by atoms with Crippen LogP contribution in [0.2, 0.25) is 0 Å². The summed E-state index contributed by atoms with van der Waals surface area (Å²) in [6.45, 7) is 4.07. The van der Waals surface area contributed by atoms with Crippen LogP contribution < -0.4 is 0 Å². The van der Waals surface area contributed by atoms with Gasteiger partial charge in [-0.1, -0.05) is 5.21 Å². The molecule has 0 aliphatic carbocycles. The Hall–Kier alpha value is -0.720. The summed E-state index contributed by atoms with van der Waals surface area (Å²) in [7, 11) is 0. The average molecular weight is 302 g/mol. The fraction of sp³-hybridized carbons (Fsp3) is 0.400. The van der Waals surface area contributed by atoms with Crippen LogP contribution in [0.15, 0.2) is 22.1 Å². The Bertz CT molecular complexity index is 486. The molecule has 0 aliphatic heterocycles. The zero-order chi connectivity index (χ0) is 11.8. The molecule has 0 fully saturated rings. The summed E-state index contributed by atoms with van der Waals surface area (Å²) in [4.78, 5) is 1.19. The summed E-state index contributed by atoms with van der Waals surface area (Å²) in [6, 6.07) is 2.05. The molecule has 0 amide bonds.